The van der Waals surface area contributed by atoms with Gasteiger partial charge >= 0.3 is 0 Å². The molecule has 0 saturated heterocycles. The van der Waals surface area contributed by atoms with E-state index in [-0.39, 0.29) is 41.1 Å². The van der Waals surface area contributed by atoms with E-state index in [0.29, 0.717) is 31.2 Å². The van der Waals surface area contributed by atoms with Crippen molar-refractivity contribution in [3.8, 4) is 5.75 Å². The zero-order valence-electron chi connectivity index (χ0n) is 15.3. The van der Waals surface area contributed by atoms with Crippen molar-refractivity contribution < 1.29 is 9.66 Å². The number of nitro benzene ring substituents is 1. The van der Waals surface area contributed by atoms with E-state index in [4.69, 9.17) is 4.74 Å². The number of nitro groups is 1. The van der Waals surface area contributed by atoms with Gasteiger partial charge in [-0.25, -0.2) is 4.99 Å². The summed E-state index contributed by atoms with van der Waals surface area (Å²) in [5, 5.41) is 17.4. The molecule has 2 aromatic carbocycles. The first-order chi connectivity index (χ1) is 12.7. The highest BCUT2D eigenvalue weighted by molar-refractivity contribution is 14.0. The molecule has 0 heterocycles. The number of benzene rings is 2. The summed E-state index contributed by atoms with van der Waals surface area (Å²) in [6.07, 6.45) is 0.810. The predicted molar refractivity (Wildman–Crippen MR) is 118 cm³/mol. The van der Waals surface area contributed by atoms with Gasteiger partial charge in [-0.2, -0.15) is 0 Å². The molecule has 2 rings (SSSR count). The van der Waals surface area contributed by atoms with Crippen LogP contribution in [0.1, 0.15) is 18.9 Å². The molecule has 0 spiro atoms. The maximum absolute atomic E-state index is 11.1. The van der Waals surface area contributed by atoms with Gasteiger partial charge in [0.05, 0.1) is 23.6 Å². The summed E-state index contributed by atoms with van der Waals surface area (Å²) >= 11 is 0. The number of rotatable bonds is 9. The Labute approximate surface area is 176 Å². The summed E-state index contributed by atoms with van der Waals surface area (Å²) in [6.45, 7) is 4.22. The van der Waals surface area contributed by atoms with Crippen LogP contribution >= 0.6 is 24.0 Å². The highest BCUT2D eigenvalue weighted by Gasteiger charge is 2.11. The van der Waals surface area contributed by atoms with Gasteiger partial charge in [0.1, 0.15) is 5.75 Å². The molecule has 8 heteroatoms. The van der Waals surface area contributed by atoms with Crippen LogP contribution in [-0.4, -0.2) is 30.6 Å². The minimum absolute atomic E-state index is 0. The molecular weight excluding hydrogens is 459 g/mol. The number of halogens is 1. The van der Waals surface area contributed by atoms with Gasteiger partial charge in [0.15, 0.2) is 5.96 Å². The molecule has 0 atom stereocenters. The Balaban J connectivity index is 0.00000364. The van der Waals surface area contributed by atoms with Crippen LogP contribution in [0.3, 0.4) is 0 Å². The first-order valence-corrected chi connectivity index (χ1v) is 8.63. The number of ether oxygens (including phenoxy) is 1. The smallest absolute Gasteiger partial charge is 0.274 e. The van der Waals surface area contributed by atoms with Gasteiger partial charge in [0, 0.05) is 19.2 Å². The number of nitrogens with zero attached hydrogens (tertiary/aromatic N) is 2. The van der Waals surface area contributed by atoms with E-state index in [9.17, 15) is 10.1 Å². The molecular formula is C19H25IN4O3. The van der Waals surface area contributed by atoms with Crippen molar-refractivity contribution in [2.75, 3.05) is 19.7 Å². The molecule has 0 aromatic heterocycles. The van der Waals surface area contributed by atoms with Gasteiger partial charge < -0.3 is 15.4 Å². The molecule has 0 aliphatic heterocycles. The molecule has 146 valence electrons. The number of para-hydroxylation sites is 2. The van der Waals surface area contributed by atoms with Crippen molar-refractivity contribution in [1.29, 1.82) is 0 Å². The van der Waals surface area contributed by atoms with Crippen LogP contribution in [0.5, 0.6) is 5.75 Å². The zero-order valence-corrected chi connectivity index (χ0v) is 17.6. The quantitative estimate of drug-likeness (QED) is 0.141. The predicted octanol–water partition coefficient (Wildman–Crippen LogP) is 3.74. The van der Waals surface area contributed by atoms with Crippen LogP contribution in [0.2, 0.25) is 0 Å². The normalized spacial score (nSPS) is 10.6. The van der Waals surface area contributed by atoms with Crippen molar-refractivity contribution >= 4 is 35.6 Å². The van der Waals surface area contributed by atoms with Gasteiger partial charge in [-0.05, 0) is 25.5 Å². The molecule has 27 heavy (non-hydrogen) atoms. The third-order valence-electron chi connectivity index (χ3n) is 3.57. The van der Waals surface area contributed by atoms with E-state index in [1.807, 2.05) is 37.3 Å². The second kappa shape index (κ2) is 12.9. The van der Waals surface area contributed by atoms with E-state index < -0.39 is 0 Å². The average Bonchev–Trinajstić information content (AvgIpc) is 2.66. The number of hydrogen-bond acceptors (Lipinski definition) is 4. The summed E-state index contributed by atoms with van der Waals surface area (Å²) in [5.41, 5.74) is 0.672. The molecule has 0 radical (unpaired) electrons. The van der Waals surface area contributed by atoms with Crippen LogP contribution in [0, 0.1) is 10.1 Å². The lowest BCUT2D eigenvalue weighted by Gasteiger charge is -2.12. The Kier molecular flexibility index (Phi) is 10.8. The van der Waals surface area contributed by atoms with Gasteiger partial charge in [0.2, 0.25) is 0 Å². The zero-order chi connectivity index (χ0) is 18.6. The number of nitrogens with one attached hydrogen (secondary N) is 2. The minimum Gasteiger partial charge on any atom is -0.494 e. The summed E-state index contributed by atoms with van der Waals surface area (Å²) < 4.78 is 5.64. The van der Waals surface area contributed by atoms with Crippen molar-refractivity contribution in [2.45, 2.75) is 19.9 Å². The third-order valence-corrected chi connectivity index (χ3v) is 3.57. The Morgan fingerprint density at radius 3 is 2.52 bits per heavy atom. The lowest BCUT2D eigenvalue weighted by atomic mass is 10.2. The van der Waals surface area contributed by atoms with E-state index in [1.54, 1.807) is 18.2 Å². The van der Waals surface area contributed by atoms with Gasteiger partial charge in [-0.15, -0.1) is 24.0 Å². The number of aliphatic imine (C=N–C) groups is 1. The first-order valence-electron chi connectivity index (χ1n) is 8.63. The highest BCUT2D eigenvalue weighted by atomic mass is 127. The monoisotopic (exact) mass is 484 g/mol. The third kappa shape index (κ3) is 8.25. The van der Waals surface area contributed by atoms with Crippen LogP contribution in [0.4, 0.5) is 5.69 Å². The molecule has 2 aromatic rings. The second-order valence-electron chi connectivity index (χ2n) is 5.52. The van der Waals surface area contributed by atoms with Crippen LogP contribution in [0.15, 0.2) is 59.6 Å². The fraction of sp³-hybridized carbons (Fsp3) is 0.316. The number of guanidine groups is 1. The van der Waals surface area contributed by atoms with E-state index in [1.165, 1.54) is 6.07 Å². The topological polar surface area (TPSA) is 88.8 Å². The van der Waals surface area contributed by atoms with Gasteiger partial charge in [-0.1, -0.05) is 36.4 Å². The van der Waals surface area contributed by atoms with Gasteiger partial charge in [0.25, 0.3) is 5.69 Å². The van der Waals surface area contributed by atoms with E-state index >= 15 is 0 Å². The molecule has 0 aliphatic rings. The molecule has 0 aliphatic carbocycles. The van der Waals surface area contributed by atoms with Crippen LogP contribution in [-0.2, 0) is 6.54 Å². The Morgan fingerprint density at radius 2 is 1.81 bits per heavy atom. The molecule has 0 bridgehead atoms. The molecule has 2 N–H and O–H groups in total. The highest BCUT2D eigenvalue weighted by Crippen LogP contribution is 2.18. The van der Waals surface area contributed by atoms with Crippen molar-refractivity contribution in [1.82, 2.24) is 10.6 Å². The van der Waals surface area contributed by atoms with Crippen molar-refractivity contribution in [3.05, 3.63) is 70.3 Å². The SMILES string of the molecule is CCNC(=NCc1ccccc1[N+](=O)[O-])NCCCOc1ccccc1.I. The summed E-state index contributed by atoms with van der Waals surface area (Å²) in [7, 11) is 0. The summed E-state index contributed by atoms with van der Waals surface area (Å²) in [6, 6.07) is 16.3. The lowest BCUT2D eigenvalue weighted by Crippen LogP contribution is -2.38. The Hall–Kier alpha value is -2.36. The first kappa shape index (κ1) is 22.7. The average molecular weight is 484 g/mol. The largest absolute Gasteiger partial charge is 0.494 e. The molecule has 0 unspecified atom stereocenters. The van der Waals surface area contributed by atoms with E-state index in [0.717, 1.165) is 12.2 Å². The van der Waals surface area contributed by atoms with Crippen LogP contribution in [0.25, 0.3) is 0 Å². The maximum atomic E-state index is 11.1. The maximum Gasteiger partial charge on any atom is 0.274 e. The standard InChI is InChI=1S/C19H24N4O3.HI/c1-2-20-19(21-13-8-14-26-17-10-4-3-5-11-17)22-15-16-9-6-7-12-18(16)23(24)25;/h3-7,9-12H,2,8,13-15H2,1H3,(H2,20,21,22);1H. The molecule has 0 saturated carbocycles. The Morgan fingerprint density at radius 1 is 1.11 bits per heavy atom. The van der Waals surface area contributed by atoms with Gasteiger partial charge in [-0.3, -0.25) is 10.1 Å². The molecule has 0 fully saturated rings. The van der Waals surface area contributed by atoms with Crippen LogP contribution < -0.4 is 15.4 Å². The fourth-order valence-electron chi connectivity index (χ4n) is 2.31. The molecule has 0 amide bonds. The summed E-state index contributed by atoms with van der Waals surface area (Å²) in [4.78, 5) is 15.1. The van der Waals surface area contributed by atoms with E-state index in [2.05, 4.69) is 15.6 Å². The van der Waals surface area contributed by atoms with Crippen molar-refractivity contribution in [3.63, 3.8) is 0 Å². The fourth-order valence-corrected chi connectivity index (χ4v) is 2.31. The number of hydrogen-bond donors (Lipinski definition) is 2. The minimum atomic E-state index is -0.383. The van der Waals surface area contributed by atoms with Crippen molar-refractivity contribution in [2.24, 2.45) is 4.99 Å². The lowest BCUT2D eigenvalue weighted by molar-refractivity contribution is -0.385. The second-order valence-corrected chi connectivity index (χ2v) is 5.52. The summed E-state index contributed by atoms with van der Waals surface area (Å²) in [5.74, 6) is 1.48. The Bertz CT molecular complexity index is 726. The molecule has 7 nitrogen and oxygen atoms in total.